The van der Waals surface area contributed by atoms with E-state index in [1.165, 1.54) is 51.2 Å². The Morgan fingerprint density at radius 1 is 0.645 bits per heavy atom. The Morgan fingerprint density at radius 2 is 1.48 bits per heavy atom. The van der Waals surface area contributed by atoms with Gasteiger partial charge in [-0.05, 0) is 24.3 Å². The van der Waals surface area contributed by atoms with Gasteiger partial charge in [0.15, 0.2) is 0 Å². The Hall–Kier alpha value is -3.54. The number of hydrogen-bond donors (Lipinski definition) is 0. The maximum absolute atomic E-state index is 4.63. The van der Waals surface area contributed by atoms with E-state index in [9.17, 15) is 0 Å². The summed E-state index contributed by atoms with van der Waals surface area (Å²) >= 11 is 3.80. The highest BCUT2D eigenvalue weighted by Gasteiger charge is 2.16. The van der Waals surface area contributed by atoms with E-state index in [0.29, 0.717) is 0 Å². The quantitative estimate of drug-likeness (QED) is 0.230. The van der Waals surface area contributed by atoms with Crippen LogP contribution in [0.3, 0.4) is 0 Å². The molecule has 0 saturated carbocycles. The Morgan fingerprint density at radius 3 is 2.42 bits per heavy atom. The van der Waals surface area contributed by atoms with E-state index in [-0.39, 0.29) is 0 Å². The van der Waals surface area contributed by atoms with Gasteiger partial charge in [0.1, 0.15) is 5.65 Å². The SMILES string of the molecule is c1ccc2c(c1)sc1c2ccc2c3cc4c5cnccc5c5nccn5c4cc3sc21. The summed E-state index contributed by atoms with van der Waals surface area (Å²) in [5.74, 6) is 0. The molecule has 0 N–H and O–H groups in total. The summed E-state index contributed by atoms with van der Waals surface area (Å²) < 4.78 is 7.64. The summed E-state index contributed by atoms with van der Waals surface area (Å²) in [6, 6.07) is 20.1. The fraction of sp³-hybridized carbons (Fsp3) is 0. The molecule has 0 radical (unpaired) electrons. The minimum atomic E-state index is 0.984. The Kier molecular flexibility index (Phi) is 2.91. The lowest BCUT2D eigenvalue weighted by Crippen LogP contribution is -1.90. The van der Waals surface area contributed by atoms with Gasteiger partial charge < -0.3 is 0 Å². The van der Waals surface area contributed by atoms with E-state index in [2.05, 4.69) is 75.2 Å². The molecule has 8 rings (SSSR count). The van der Waals surface area contributed by atoms with Crippen LogP contribution in [0, 0.1) is 0 Å². The van der Waals surface area contributed by atoms with Crippen molar-refractivity contribution in [3.05, 3.63) is 79.4 Å². The fourth-order valence-electron chi connectivity index (χ4n) is 4.97. The minimum absolute atomic E-state index is 0.984. The lowest BCUT2D eigenvalue weighted by molar-refractivity contribution is 1.27. The van der Waals surface area contributed by atoms with Crippen LogP contribution >= 0.6 is 22.7 Å². The van der Waals surface area contributed by atoms with Crippen LogP contribution in [0.5, 0.6) is 0 Å². The lowest BCUT2D eigenvalue weighted by atomic mass is 10.0. The van der Waals surface area contributed by atoms with Crippen molar-refractivity contribution in [1.82, 2.24) is 14.4 Å². The van der Waals surface area contributed by atoms with Crippen LogP contribution in [0.1, 0.15) is 0 Å². The van der Waals surface area contributed by atoms with Crippen LogP contribution < -0.4 is 0 Å². The molecule has 144 valence electrons. The average Bonchev–Trinajstić information content (AvgIpc) is 3.53. The number of fused-ring (bicyclic) bond motifs is 13. The third-order valence-electron chi connectivity index (χ3n) is 6.35. The zero-order valence-electron chi connectivity index (χ0n) is 16.2. The van der Waals surface area contributed by atoms with Gasteiger partial charge in [-0.3, -0.25) is 9.38 Å². The van der Waals surface area contributed by atoms with Gasteiger partial charge in [-0.15, -0.1) is 22.7 Å². The molecule has 3 aromatic carbocycles. The van der Waals surface area contributed by atoms with Gasteiger partial charge in [0.05, 0.1) is 14.9 Å². The van der Waals surface area contributed by atoms with E-state index in [4.69, 9.17) is 0 Å². The monoisotopic (exact) mass is 431 g/mol. The molecule has 0 unspecified atom stereocenters. The minimum Gasteiger partial charge on any atom is -0.299 e. The summed E-state index contributed by atoms with van der Waals surface area (Å²) in [6.07, 6.45) is 7.75. The van der Waals surface area contributed by atoms with Crippen molar-refractivity contribution >= 4 is 90.3 Å². The molecular formula is C26H13N3S2. The zero-order chi connectivity index (χ0) is 20.1. The van der Waals surface area contributed by atoms with E-state index in [1.54, 1.807) is 0 Å². The second-order valence-corrected chi connectivity index (χ2v) is 10.0. The Bertz CT molecular complexity index is 2010. The molecule has 8 aromatic rings. The number of rotatable bonds is 0. The molecule has 5 aromatic heterocycles. The molecule has 0 aliphatic carbocycles. The smallest absolute Gasteiger partial charge is 0.145 e. The van der Waals surface area contributed by atoms with Gasteiger partial charge >= 0.3 is 0 Å². The number of hydrogen-bond acceptors (Lipinski definition) is 4. The third-order valence-corrected chi connectivity index (χ3v) is 8.87. The molecule has 0 saturated heterocycles. The standard InChI is InChI=1S/C26H13N3S2/c1-2-4-22-14(3-1)15-5-6-16-19-11-18-20-13-27-8-7-17(20)26-28-9-10-29(26)21(18)12-23(19)31-25(16)24(15)30-22/h1-13H. The van der Waals surface area contributed by atoms with Crippen LogP contribution in [0.4, 0.5) is 0 Å². The van der Waals surface area contributed by atoms with Crippen LogP contribution in [0.25, 0.3) is 67.7 Å². The van der Waals surface area contributed by atoms with Gasteiger partial charge in [-0.1, -0.05) is 30.3 Å². The van der Waals surface area contributed by atoms with E-state index in [1.807, 2.05) is 41.3 Å². The molecule has 0 fully saturated rings. The van der Waals surface area contributed by atoms with E-state index >= 15 is 0 Å². The zero-order valence-corrected chi connectivity index (χ0v) is 17.8. The van der Waals surface area contributed by atoms with Crippen molar-refractivity contribution in [3.63, 3.8) is 0 Å². The molecule has 5 heterocycles. The number of aromatic nitrogens is 3. The number of imidazole rings is 1. The van der Waals surface area contributed by atoms with E-state index in [0.717, 1.165) is 16.4 Å². The molecular weight excluding hydrogens is 418 g/mol. The molecule has 0 amide bonds. The lowest BCUT2D eigenvalue weighted by Gasteiger charge is -2.08. The van der Waals surface area contributed by atoms with Gasteiger partial charge in [0, 0.05) is 71.9 Å². The summed E-state index contributed by atoms with van der Waals surface area (Å²) in [6.45, 7) is 0. The maximum Gasteiger partial charge on any atom is 0.145 e. The summed E-state index contributed by atoms with van der Waals surface area (Å²) in [7, 11) is 0. The summed E-state index contributed by atoms with van der Waals surface area (Å²) in [5.41, 5.74) is 2.16. The van der Waals surface area contributed by atoms with Crippen LogP contribution in [-0.2, 0) is 0 Å². The third kappa shape index (κ3) is 1.98. The van der Waals surface area contributed by atoms with Crippen molar-refractivity contribution in [3.8, 4) is 0 Å². The van der Waals surface area contributed by atoms with Crippen LogP contribution in [-0.4, -0.2) is 14.4 Å². The molecule has 0 atom stereocenters. The van der Waals surface area contributed by atoms with Crippen molar-refractivity contribution in [2.45, 2.75) is 0 Å². The first-order valence-corrected chi connectivity index (χ1v) is 11.8. The van der Waals surface area contributed by atoms with Gasteiger partial charge in [0.2, 0.25) is 0 Å². The second-order valence-electron chi connectivity index (χ2n) is 7.93. The highest BCUT2D eigenvalue weighted by Crippen LogP contribution is 2.45. The normalized spacial score (nSPS) is 12.5. The first-order valence-electron chi connectivity index (χ1n) is 10.2. The van der Waals surface area contributed by atoms with Crippen molar-refractivity contribution in [1.29, 1.82) is 0 Å². The fourth-order valence-corrected chi connectivity index (χ4v) is 7.52. The molecule has 5 heteroatoms. The predicted octanol–water partition coefficient (Wildman–Crippen LogP) is 7.77. The van der Waals surface area contributed by atoms with Gasteiger partial charge in [-0.25, -0.2) is 4.98 Å². The van der Waals surface area contributed by atoms with Gasteiger partial charge in [-0.2, -0.15) is 0 Å². The summed E-state index contributed by atoms with van der Waals surface area (Å²) in [4.78, 5) is 9.04. The molecule has 3 nitrogen and oxygen atoms in total. The van der Waals surface area contributed by atoms with E-state index < -0.39 is 0 Å². The Balaban J connectivity index is 1.61. The molecule has 0 spiro atoms. The highest BCUT2D eigenvalue weighted by atomic mass is 32.1. The maximum atomic E-state index is 4.63. The number of thiophene rings is 2. The van der Waals surface area contributed by atoms with Crippen molar-refractivity contribution in [2.24, 2.45) is 0 Å². The molecule has 0 bridgehead atoms. The largest absolute Gasteiger partial charge is 0.299 e. The summed E-state index contributed by atoms with van der Waals surface area (Å²) in [5, 5.41) is 8.87. The number of benzene rings is 3. The van der Waals surface area contributed by atoms with Crippen LogP contribution in [0.15, 0.2) is 79.4 Å². The first kappa shape index (κ1) is 16.2. The topological polar surface area (TPSA) is 30.2 Å². The second kappa shape index (κ2) is 5.58. The van der Waals surface area contributed by atoms with Gasteiger partial charge in [0.25, 0.3) is 0 Å². The van der Waals surface area contributed by atoms with Crippen LogP contribution in [0.2, 0.25) is 0 Å². The van der Waals surface area contributed by atoms with Crippen molar-refractivity contribution < 1.29 is 0 Å². The Labute approximate surface area is 183 Å². The highest BCUT2D eigenvalue weighted by molar-refractivity contribution is 7.33. The molecule has 31 heavy (non-hydrogen) atoms. The first-order chi connectivity index (χ1) is 15.4. The number of pyridine rings is 2. The predicted molar refractivity (Wildman–Crippen MR) is 134 cm³/mol. The average molecular weight is 432 g/mol. The van der Waals surface area contributed by atoms with Crippen molar-refractivity contribution in [2.75, 3.05) is 0 Å². The molecule has 0 aliphatic heterocycles. The number of nitrogens with zero attached hydrogens (tertiary/aromatic N) is 3. The molecule has 0 aliphatic rings.